The fourth-order valence-corrected chi connectivity index (χ4v) is 5.96. The summed E-state index contributed by atoms with van der Waals surface area (Å²) in [7, 11) is 0. The lowest BCUT2D eigenvalue weighted by atomic mass is 9.63. The highest BCUT2D eigenvalue weighted by atomic mass is 32.1. The van der Waals surface area contributed by atoms with Gasteiger partial charge in [-0.15, -0.1) is 11.3 Å². The third-order valence-electron chi connectivity index (χ3n) is 7.05. The first-order chi connectivity index (χ1) is 17.7. The number of halogens is 3. The van der Waals surface area contributed by atoms with E-state index in [1.54, 1.807) is 18.3 Å². The van der Waals surface area contributed by atoms with Gasteiger partial charge in [-0.05, 0) is 79.5 Å². The van der Waals surface area contributed by atoms with E-state index in [0.717, 1.165) is 33.8 Å². The van der Waals surface area contributed by atoms with Crippen molar-refractivity contribution in [2.45, 2.75) is 58.7 Å². The molecule has 2 aromatic heterocycles. The normalized spacial score (nSPS) is 21.8. The first-order valence-electron chi connectivity index (χ1n) is 12.1. The summed E-state index contributed by atoms with van der Waals surface area (Å²) in [5, 5.41) is 24.4. The lowest BCUT2D eigenvalue weighted by Crippen LogP contribution is -2.44. The van der Waals surface area contributed by atoms with Crippen molar-refractivity contribution in [3.8, 4) is 10.4 Å². The van der Waals surface area contributed by atoms with Crippen LogP contribution in [-0.2, 0) is 16.6 Å². The Morgan fingerprint density at radius 1 is 1.24 bits per heavy atom. The lowest BCUT2D eigenvalue weighted by molar-refractivity contribution is -0.154. The second kappa shape index (κ2) is 10.1. The fourth-order valence-electron chi connectivity index (χ4n) is 4.94. The molecule has 0 amide bonds. The SMILES string of the molecule is CC=C(C)c1cc(Nc2nccc(C(F)(F)F)n2)cc(-c2cnc([C@@]3(O)CC[C@H](C(=O)O)C(C)(C)C3)s2)c1. The molecule has 11 heteroatoms. The van der Waals surface area contributed by atoms with Crippen molar-refractivity contribution in [3.05, 3.63) is 59.0 Å². The van der Waals surface area contributed by atoms with Gasteiger partial charge in [0.15, 0.2) is 0 Å². The monoisotopic (exact) mass is 546 g/mol. The van der Waals surface area contributed by atoms with Crippen molar-refractivity contribution in [2.24, 2.45) is 11.3 Å². The molecule has 1 aromatic carbocycles. The zero-order chi connectivity index (χ0) is 27.9. The summed E-state index contributed by atoms with van der Waals surface area (Å²) >= 11 is 1.31. The lowest BCUT2D eigenvalue weighted by Gasteiger charge is -2.44. The largest absolute Gasteiger partial charge is 0.481 e. The first kappa shape index (κ1) is 27.7. The van der Waals surface area contributed by atoms with E-state index >= 15 is 0 Å². The summed E-state index contributed by atoms with van der Waals surface area (Å²) < 4.78 is 39.4. The van der Waals surface area contributed by atoms with Gasteiger partial charge in [0.25, 0.3) is 0 Å². The molecule has 0 spiro atoms. The standard InChI is InChI=1S/C27H29F3N4O3S/c1-5-15(2)16-10-17(12-18(11-16)33-24-31-9-7-21(34-24)27(28,29)30)20-13-32-23(38-20)26(37)8-6-19(22(35)36)25(3,4)14-26/h5,7,9-13,19,37H,6,8,14H2,1-4H3,(H,35,36)(H,31,33,34)/t19-,26-/m1/s1. The highest BCUT2D eigenvalue weighted by Gasteiger charge is 2.49. The summed E-state index contributed by atoms with van der Waals surface area (Å²) in [6, 6.07) is 6.32. The maximum atomic E-state index is 13.1. The van der Waals surface area contributed by atoms with Crippen LogP contribution >= 0.6 is 11.3 Å². The minimum absolute atomic E-state index is 0.183. The molecule has 3 N–H and O–H groups in total. The van der Waals surface area contributed by atoms with Crippen molar-refractivity contribution in [3.63, 3.8) is 0 Å². The summed E-state index contributed by atoms with van der Waals surface area (Å²) in [6.45, 7) is 7.51. The van der Waals surface area contributed by atoms with Crippen LogP contribution < -0.4 is 5.32 Å². The number of thiazole rings is 1. The van der Waals surface area contributed by atoms with Crippen LogP contribution in [0.3, 0.4) is 0 Å². The second-order valence-electron chi connectivity index (χ2n) is 10.3. The molecule has 2 atom stereocenters. The van der Waals surface area contributed by atoms with E-state index in [9.17, 15) is 28.2 Å². The van der Waals surface area contributed by atoms with Crippen LogP contribution in [0.2, 0.25) is 0 Å². The van der Waals surface area contributed by atoms with Crippen molar-refractivity contribution >= 4 is 34.5 Å². The van der Waals surface area contributed by atoms with E-state index in [0.29, 0.717) is 17.1 Å². The van der Waals surface area contributed by atoms with Crippen LogP contribution in [0.1, 0.15) is 63.2 Å². The molecular weight excluding hydrogens is 517 g/mol. The number of allylic oxidation sites excluding steroid dienone is 2. The van der Waals surface area contributed by atoms with E-state index in [1.807, 2.05) is 39.8 Å². The number of carboxylic acids is 1. The summed E-state index contributed by atoms with van der Waals surface area (Å²) in [6.07, 6.45) is 0.937. The molecule has 202 valence electrons. The van der Waals surface area contributed by atoms with E-state index < -0.39 is 34.8 Å². The number of benzene rings is 1. The molecule has 38 heavy (non-hydrogen) atoms. The molecule has 0 saturated heterocycles. The number of aliphatic carboxylic acids is 1. The van der Waals surface area contributed by atoms with Gasteiger partial charge in [-0.1, -0.05) is 19.9 Å². The Bertz CT molecular complexity index is 1390. The molecular formula is C27H29F3N4O3S. The van der Waals surface area contributed by atoms with Gasteiger partial charge in [-0.3, -0.25) is 4.79 Å². The van der Waals surface area contributed by atoms with Gasteiger partial charge in [-0.2, -0.15) is 13.2 Å². The quantitative estimate of drug-likeness (QED) is 0.309. The zero-order valence-electron chi connectivity index (χ0n) is 21.4. The van der Waals surface area contributed by atoms with Gasteiger partial charge in [-0.25, -0.2) is 15.0 Å². The molecule has 0 aliphatic heterocycles. The van der Waals surface area contributed by atoms with E-state index in [2.05, 4.69) is 20.3 Å². The topological polar surface area (TPSA) is 108 Å². The first-order valence-corrected chi connectivity index (χ1v) is 12.9. The van der Waals surface area contributed by atoms with Crippen LogP contribution in [0, 0.1) is 11.3 Å². The highest BCUT2D eigenvalue weighted by Crippen LogP contribution is 2.51. The average molecular weight is 547 g/mol. The molecule has 2 heterocycles. The Labute approximate surface area is 222 Å². The number of aromatic nitrogens is 3. The molecule has 7 nitrogen and oxygen atoms in total. The van der Waals surface area contributed by atoms with Crippen LogP contribution in [0.4, 0.5) is 24.8 Å². The molecule has 1 saturated carbocycles. The number of alkyl halides is 3. The summed E-state index contributed by atoms with van der Waals surface area (Å²) in [4.78, 5) is 24.5. The van der Waals surface area contributed by atoms with Crippen molar-refractivity contribution < 1.29 is 28.2 Å². The number of carboxylic acid groups (broad SMARTS) is 1. The number of rotatable bonds is 6. The van der Waals surface area contributed by atoms with Gasteiger partial charge < -0.3 is 15.5 Å². The van der Waals surface area contributed by atoms with Gasteiger partial charge >= 0.3 is 12.1 Å². The number of nitrogens with zero attached hydrogens (tertiary/aromatic N) is 3. The van der Waals surface area contributed by atoms with Crippen LogP contribution in [0.15, 0.2) is 42.7 Å². The van der Waals surface area contributed by atoms with Gasteiger partial charge in [0, 0.05) is 18.1 Å². The van der Waals surface area contributed by atoms with E-state index in [-0.39, 0.29) is 18.8 Å². The second-order valence-corrected chi connectivity index (χ2v) is 11.3. The van der Waals surface area contributed by atoms with Crippen LogP contribution in [-0.4, -0.2) is 31.1 Å². The number of hydrogen-bond acceptors (Lipinski definition) is 7. The third-order valence-corrected chi connectivity index (χ3v) is 8.29. The Kier molecular flexibility index (Phi) is 7.37. The Hall–Kier alpha value is -3.31. The van der Waals surface area contributed by atoms with Crippen molar-refractivity contribution in [1.29, 1.82) is 0 Å². The van der Waals surface area contributed by atoms with Gasteiger partial charge in [0.05, 0.1) is 10.8 Å². The molecule has 4 rings (SSSR count). The predicted octanol–water partition coefficient (Wildman–Crippen LogP) is 6.88. The molecule has 0 radical (unpaired) electrons. The fraction of sp³-hybridized carbons (Fsp3) is 0.407. The number of carbonyl (C=O) groups is 1. The van der Waals surface area contributed by atoms with Gasteiger partial charge in [0.1, 0.15) is 16.3 Å². The van der Waals surface area contributed by atoms with Crippen LogP contribution in [0.5, 0.6) is 0 Å². The number of hydrogen-bond donors (Lipinski definition) is 3. The summed E-state index contributed by atoms with van der Waals surface area (Å²) in [5.74, 6) is -1.59. The smallest absolute Gasteiger partial charge is 0.433 e. The highest BCUT2D eigenvalue weighted by molar-refractivity contribution is 7.15. The Morgan fingerprint density at radius 2 is 1.97 bits per heavy atom. The third kappa shape index (κ3) is 5.73. The average Bonchev–Trinajstić information content (AvgIpc) is 3.33. The van der Waals surface area contributed by atoms with Gasteiger partial charge in [0.2, 0.25) is 5.95 Å². The molecule has 1 aliphatic rings. The number of aliphatic hydroxyl groups is 1. The minimum Gasteiger partial charge on any atom is -0.481 e. The Balaban J connectivity index is 1.68. The maximum absolute atomic E-state index is 13.1. The molecule has 0 bridgehead atoms. The molecule has 1 aliphatic carbocycles. The summed E-state index contributed by atoms with van der Waals surface area (Å²) in [5.41, 5.74) is 0.140. The molecule has 3 aromatic rings. The molecule has 0 unspecified atom stereocenters. The maximum Gasteiger partial charge on any atom is 0.433 e. The van der Waals surface area contributed by atoms with Crippen LogP contribution in [0.25, 0.3) is 16.0 Å². The predicted molar refractivity (Wildman–Crippen MR) is 140 cm³/mol. The molecule has 1 fully saturated rings. The van der Waals surface area contributed by atoms with E-state index in [4.69, 9.17) is 0 Å². The van der Waals surface area contributed by atoms with Crippen molar-refractivity contribution in [1.82, 2.24) is 15.0 Å². The van der Waals surface area contributed by atoms with Crippen molar-refractivity contribution in [2.75, 3.05) is 5.32 Å². The Morgan fingerprint density at radius 3 is 2.61 bits per heavy atom. The van der Waals surface area contributed by atoms with E-state index in [1.165, 1.54) is 11.3 Å². The zero-order valence-corrected chi connectivity index (χ0v) is 22.2. The number of anilines is 2. The number of nitrogens with one attached hydrogen (secondary N) is 1. The minimum atomic E-state index is -4.59.